The third kappa shape index (κ3) is 4.23. The molecule has 6 nitrogen and oxygen atoms in total. The minimum absolute atomic E-state index is 0.0752. The van der Waals surface area contributed by atoms with Crippen LogP contribution in [0.1, 0.15) is 38.5 Å². The standard InChI is InChI=1S/C16H22N2O4S/c19-15(11-14-7-10-16(12-22-14)8-4-9-16)18-23(20,21)17-13-5-2-1-3-6-13/h1-3,5-6,14,17H,4,7-12H2,(H,18,19). The van der Waals surface area contributed by atoms with Crippen molar-refractivity contribution in [1.29, 1.82) is 0 Å². The van der Waals surface area contributed by atoms with Gasteiger partial charge in [-0.2, -0.15) is 8.42 Å². The molecule has 0 bridgehead atoms. The molecule has 1 atom stereocenters. The van der Waals surface area contributed by atoms with Crippen molar-refractivity contribution < 1.29 is 17.9 Å². The molecule has 1 amide bonds. The fraction of sp³-hybridized carbons (Fsp3) is 0.562. The number of anilines is 1. The lowest BCUT2D eigenvalue weighted by Gasteiger charge is -2.46. The molecule has 1 saturated heterocycles. The molecule has 1 aromatic rings. The van der Waals surface area contributed by atoms with Gasteiger partial charge in [0.15, 0.2) is 0 Å². The molecule has 1 spiro atoms. The average Bonchev–Trinajstić information content (AvgIpc) is 2.46. The fourth-order valence-electron chi connectivity index (χ4n) is 3.23. The van der Waals surface area contributed by atoms with Gasteiger partial charge >= 0.3 is 10.2 Å². The SMILES string of the molecule is O=C(CC1CCC2(CCC2)CO1)NS(=O)(=O)Nc1ccccc1. The van der Waals surface area contributed by atoms with Crippen LogP contribution in [-0.2, 0) is 19.7 Å². The van der Waals surface area contributed by atoms with Crippen molar-refractivity contribution in [3.8, 4) is 0 Å². The predicted octanol–water partition coefficient (Wildman–Crippen LogP) is 2.20. The first kappa shape index (κ1) is 16.3. The highest BCUT2D eigenvalue weighted by Gasteiger charge is 2.41. The zero-order chi connectivity index (χ0) is 16.3. The van der Waals surface area contributed by atoms with Crippen LogP contribution in [0.2, 0.25) is 0 Å². The molecule has 3 rings (SSSR count). The Labute approximate surface area is 136 Å². The molecule has 1 unspecified atom stereocenters. The van der Waals surface area contributed by atoms with Crippen LogP contribution in [0.5, 0.6) is 0 Å². The molecule has 2 aliphatic rings. The zero-order valence-corrected chi connectivity index (χ0v) is 13.8. The zero-order valence-electron chi connectivity index (χ0n) is 13.0. The number of rotatable bonds is 5. The molecule has 7 heteroatoms. The van der Waals surface area contributed by atoms with Crippen molar-refractivity contribution in [3.05, 3.63) is 30.3 Å². The van der Waals surface area contributed by atoms with Crippen LogP contribution < -0.4 is 9.44 Å². The Morgan fingerprint density at radius 1 is 1.22 bits per heavy atom. The van der Waals surface area contributed by atoms with Crippen LogP contribution in [0.15, 0.2) is 30.3 Å². The first-order chi connectivity index (χ1) is 11.0. The van der Waals surface area contributed by atoms with E-state index in [0.29, 0.717) is 17.7 Å². The van der Waals surface area contributed by atoms with Gasteiger partial charge in [0.1, 0.15) is 0 Å². The van der Waals surface area contributed by atoms with Crippen LogP contribution >= 0.6 is 0 Å². The Hall–Kier alpha value is -1.60. The van der Waals surface area contributed by atoms with E-state index in [1.807, 2.05) is 4.72 Å². The molecule has 0 aromatic heterocycles. The number of nitrogens with one attached hydrogen (secondary N) is 2. The molecule has 126 valence electrons. The Morgan fingerprint density at radius 2 is 1.96 bits per heavy atom. The first-order valence-corrected chi connectivity index (χ1v) is 9.45. The maximum atomic E-state index is 12.0. The second-order valence-electron chi connectivity index (χ2n) is 6.53. The predicted molar refractivity (Wildman–Crippen MR) is 87.0 cm³/mol. The van der Waals surface area contributed by atoms with Crippen molar-refractivity contribution in [2.45, 2.75) is 44.6 Å². The fourth-order valence-corrected chi connectivity index (χ4v) is 4.12. The van der Waals surface area contributed by atoms with E-state index in [-0.39, 0.29) is 12.5 Å². The van der Waals surface area contributed by atoms with Gasteiger partial charge in [-0.1, -0.05) is 24.6 Å². The minimum Gasteiger partial charge on any atom is -0.377 e. The van der Waals surface area contributed by atoms with E-state index in [1.165, 1.54) is 19.3 Å². The van der Waals surface area contributed by atoms with Crippen LogP contribution in [0.25, 0.3) is 0 Å². The van der Waals surface area contributed by atoms with Crippen LogP contribution in [-0.4, -0.2) is 27.0 Å². The van der Waals surface area contributed by atoms with Crippen molar-refractivity contribution in [1.82, 2.24) is 4.72 Å². The number of hydrogen-bond donors (Lipinski definition) is 2. The lowest BCUT2D eigenvalue weighted by Crippen LogP contribution is -2.43. The monoisotopic (exact) mass is 338 g/mol. The Morgan fingerprint density at radius 3 is 2.52 bits per heavy atom. The number of carbonyl (C=O) groups excluding carboxylic acids is 1. The van der Waals surface area contributed by atoms with E-state index in [4.69, 9.17) is 4.74 Å². The van der Waals surface area contributed by atoms with Gasteiger partial charge in [0.05, 0.1) is 24.8 Å². The summed E-state index contributed by atoms with van der Waals surface area (Å²) in [7, 11) is -3.91. The highest BCUT2D eigenvalue weighted by molar-refractivity contribution is 7.91. The summed E-state index contributed by atoms with van der Waals surface area (Å²) in [5.41, 5.74) is 0.752. The number of benzene rings is 1. The van der Waals surface area contributed by atoms with Crippen molar-refractivity contribution in [2.75, 3.05) is 11.3 Å². The summed E-state index contributed by atoms with van der Waals surface area (Å²) in [6.07, 6.45) is 5.46. The summed E-state index contributed by atoms with van der Waals surface area (Å²) in [6, 6.07) is 8.45. The van der Waals surface area contributed by atoms with Gasteiger partial charge < -0.3 is 4.74 Å². The Bertz CT molecular complexity index is 646. The summed E-state index contributed by atoms with van der Waals surface area (Å²) in [5.74, 6) is -0.539. The van der Waals surface area contributed by atoms with Gasteiger partial charge in [-0.25, -0.2) is 4.72 Å². The molecule has 1 saturated carbocycles. The quantitative estimate of drug-likeness (QED) is 0.862. The maximum Gasteiger partial charge on any atom is 0.323 e. The van der Waals surface area contributed by atoms with E-state index in [2.05, 4.69) is 4.72 Å². The van der Waals surface area contributed by atoms with Gasteiger partial charge in [-0.3, -0.25) is 9.52 Å². The number of hydrogen-bond acceptors (Lipinski definition) is 4. The van der Waals surface area contributed by atoms with E-state index in [9.17, 15) is 13.2 Å². The molecule has 2 N–H and O–H groups in total. The van der Waals surface area contributed by atoms with Crippen molar-refractivity contribution >= 4 is 21.8 Å². The highest BCUT2D eigenvalue weighted by atomic mass is 32.2. The smallest absolute Gasteiger partial charge is 0.323 e. The summed E-state index contributed by atoms with van der Waals surface area (Å²) >= 11 is 0. The van der Waals surface area contributed by atoms with Gasteiger partial charge in [0.2, 0.25) is 5.91 Å². The number of carbonyl (C=O) groups is 1. The normalized spacial score (nSPS) is 23.0. The Kier molecular flexibility index (Phi) is 4.59. The van der Waals surface area contributed by atoms with Gasteiger partial charge in [0.25, 0.3) is 0 Å². The maximum absolute atomic E-state index is 12.0. The van der Waals surface area contributed by atoms with Gasteiger partial charge in [-0.15, -0.1) is 0 Å². The Balaban J connectivity index is 1.47. The van der Waals surface area contributed by atoms with Crippen LogP contribution in [0.3, 0.4) is 0 Å². The molecule has 23 heavy (non-hydrogen) atoms. The van der Waals surface area contributed by atoms with E-state index in [1.54, 1.807) is 30.3 Å². The molecule has 1 aliphatic carbocycles. The molecular formula is C16H22N2O4S. The van der Waals surface area contributed by atoms with E-state index < -0.39 is 16.1 Å². The topological polar surface area (TPSA) is 84.5 Å². The molecule has 1 aliphatic heterocycles. The molecule has 1 aromatic carbocycles. The van der Waals surface area contributed by atoms with E-state index >= 15 is 0 Å². The number of amides is 1. The van der Waals surface area contributed by atoms with Crippen molar-refractivity contribution in [3.63, 3.8) is 0 Å². The van der Waals surface area contributed by atoms with Crippen LogP contribution in [0, 0.1) is 5.41 Å². The summed E-state index contributed by atoms with van der Waals surface area (Å²) in [6.45, 7) is 0.694. The number of ether oxygens (including phenoxy) is 1. The van der Waals surface area contributed by atoms with Gasteiger partial charge in [-0.05, 0) is 43.2 Å². The van der Waals surface area contributed by atoms with Crippen LogP contribution in [0.4, 0.5) is 5.69 Å². The lowest BCUT2D eigenvalue weighted by atomic mass is 9.65. The second-order valence-corrected chi connectivity index (χ2v) is 7.94. The third-order valence-electron chi connectivity index (χ3n) is 4.72. The number of para-hydroxylation sites is 1. The third-order valence-corrected chi connectivity index (χ3v) is 5.72. The van der Waals surface area contributed by atoms with Gasteiger partial charge in [0, 0.05) is 0 Å². The highest BCUT2D eigenvalue weighted by Crippen LogP contribution is 2.48. The second kappa shape index (κ2) is 6.49. The van der Waals surface area contributed by atoms with Crippen molar-refractivity contribution in [2.24, 2.45) is 5.41 Å². The molecular weight excluding hydrogens is 316 g/mol. The summed E-state index contributed by atoms with van der Waals surface area (Å²) in [5, 5.41) is 0. The molecule has 1 heterocycles. The first-order valence-electron chi connectivity index (χ1n) is 7.97. The molecule has 0 radical (unpaired) electrons. The largest absolute Gasteiger partial charge is 0.377 e. The lowest BCUT2D eigenvalue weighted by molar-refractivity contribution is -0.130. The minimum atomic E-state index is -3.91. The summed E-state index contributed by atoms with van der Waals surface area (Å²) in [4.78, 5) is 12.0. The average molecular weight is 338 g/mol. The summed E-state index contributed by atoms with van der Waals surface area (Å²) < 4.78 is 34.0. The molecule has 2 fully saturated rings. The van der Waals surface area contributed by atoms with E-state index in [0.717, 1.165) is 12.8 Å².